The van der Waals surface area contributed by atoms with Gasteiger partial charge >= 0.3 is 5.97 Å². The van der Waals surface area contributed by atoms with Gasteiger partial charge < -0.3 is 14.8 Å². The molecule has 1 amide bonds. The van der Waals surface area contributed by atoms with Crippen molar-refractivity contribution < 1.29 is 27.5 Å². The molecule has 34 heavy (non-hydrogen) atoms. The number of ether oxygens (including phenoxy) is 2. The fraction of sp³-hybridized carbons (Fsp3) is 0.200. The number of hydrogen-bond donors (Lipinski definition) is 2. The van der Waals surface area contributed by atoms with Crippen LogP contribution in [0.5, 0.6) is 5.75 Å². The van der Waals surface area contributed by atoms with Crippen LogP contribution in [0.4, 0.5) is 0 Å². The molecule has 9 heteroatoms. The maximum Gasteiger partial charge on any atom is 0.338 e. The monoisotopic (exact) mass is 482 g/mol. The van der Waals surface area contributed by atoms with E-state index in [-0.39, 0.29) is 23.0 Å². The zero-order valence-electron chi connectivity index (χ0n) is 18.9. The Morgan fingerprint density at radius 1 is 0.941 bits per heavy atom. The Bertz CT molecular complexity index is 1250. The molecule has 0 aliphatic heterocycles. The smallest absolute Gasteiger partial charge is 0.338 e. The molecule has 178 valence electrons. The Morgan fingerprint density at radius 3 is 2.38 bits per heavy atom. The second-order valence-electron chi connectivity index (χ2n) is 7.45. The van der Waals surface area contributed by atoms with E-state index in [0.717, 1.165) is 11.1 Å². The van der Waals surface area contributed by atoms with Crippen molar-refractivity contribution in [2.75, 3.05) is 13.7 Å². The van der Waals surface area contributed by atoms with E-state index in [9.17, 15) is 18.0 Å². The van der Waals surface area contributed by atoms with Crippen LogP contribution in [0.3, 0.4) is 0 Å². The predicted molar refractivity (Wildman–Crippen MR) is 127 cm³/mol. The highest BCUT2D eigenvalue weighted by atomic mass is 32.2. The molecule has 0 saturated carbocycles. The summed E-state index contributed by atoms with van der Waals surface area (Å²) in [7, 11) is -2.31. The van der Waals surface area contributed by atoms with Crippen LogP contribution in [0.15, 0.2) is 83.8 Å². The van der Waals surface area contributed by atoms with Gasteiger partial charge in [-0.2, -0.15) is 0 Å². The summed E-state index contributed by atoms with van der Waals surface area (Å²) in [5.74, 6) is -0.675. The van der Waals surface area contributed by atoms with Gasteiger partial charge in [-0.1, -0.05) is 54.6 Å². The second kappa shape index (κ2) is 11.4. The third-order valence-electron chi connectivity index (χ3n) is 5.01. The molecule has 0 bridgehead atoms. The minimum Gasteiger partial charge on any atom is -0.496 e. The predicted octanol–water partition coefficient (Wildman–Crippen LogP) is 3.21. The molecule has 3 aromatic rings. The van der Waals surface area contributed by atoms with E-state index in [1.165, 1.54) is 24.3 Å². The van der Waals surface area contributed by atoms with Crippen LogP contribution in [0.1, 0.15) is 34.5 Å². The first-order valence-electron chi connectivity index (χ1n) is 10.5. The van der Waals surface area contributed by atoms with Crippen LogP contribution in [0, 0.1) is 0 Å². The molecule has 0 aliphatic rings. The number of rotatable bonds is 10. The molecule has 0 heterocycles. The molecule has 8 nitrogen and oxygen atoms in total. The molecular formula is C25H26N2O6S. The van der Waals surface area contributed by atoms with Crippen LogP contribution in [-0.4, -0.2) is 34.0 Å². The SMILES string of the molecule is COc1ccccc1C(C)NC(=O)COC(=O)c1cccc(S(=O)(=O)NCc2ccccc2)c1. The molecular weight excluding hydrogens is 456 g/mol. The fourth-order valence-corrected chi connectivity index (χ4v) is 4.31. The number of methoxy groups -OCH3 is 1. The average Bonchev–Trinajstić information content (AvgIpc) is 2.86. The molecule has 3 rings (SSSR count). The first-order chi connectivity index (χ1) is 16.3. The quantitative estimate of drug-likeness (QED) is 0.430. The van der Waals surface area contributed by atoms with Gasteiger partial charge in [0, 0.05) is 12.1 Å². The van der Waals surface area contributed by atoms with Crippen molar-refractivity contribution in [3.8, 4) is 5.75 Å². The highest BCUT2D eigenvalue weighted by molar-refractivity contribution is 7.89. The molecule has 1 unspecified atom stereocenters. The first kappa shape index (κ1) is 24.9. The number of hydrogen-bond acceptors (Lipinski definition) is 6. The number of carbonyl (C=O) groups is 2. The Kier molecular flexibility index (Phi) is 8.39. The molecule has 0 saturated heterocycles. The number of amides is 1. The van der Waals surface area contributed by atoms with E-state index < -0.39 is 28.5 Å². The van der Waals surface area contributed by atoms with Gasteiger partial charge in [-0.05, 0) is 36.8 Å². The molecule has 0 aromatic heterocycles. The Morgan fingerprint density at radius 2 is 1.65 bits per heavy atom. The number of nitrogens with one attached hydrogen (secondary N) is 2. The van der Waals surface area contributed by atoms with Gasteiger partial charge in [0.15, 0.2) is 6.61 Å². The Hall–Kier alpha value is -3.69. The maximum atomic E-state index is 12.6. The van der Waals surface area contributed by atoms with E-state index in [4.69, 9.17) is 9.47 Å². The van der Waals surface area contributed by atoms with E-state index in [2.05, 4.69) is 10.0 Å². The fourth-order valence-electron chi connectivity index (χ4n) is 3.25. The molecule has 0 fully saturated rings. The lowest BCUT2D eigenvalue weighted by molar-refractivity contribution is -0.124. The third-order valence-corrected chi connectivity index (χ3v) is 6.41. The summed E-state index contributed by atoms with van der Waals surface area (Å²) < 4.78 is 38.1. The van der Waals surface area contributed by atoms with Gasteiger partial charge in [0.25, 0.3) is 5.91 Å². The van der Waals surface area contributed by atoms with Crippen LogP contribution < -0.4 is 14.8 Å². The van der Waals surface area contributed by atoms with Crippen LogP contribution >= 0.6 is 0 Å². The van der Waals surface area contributed by atoms with Crippen molar-refractivity contribution in [3.05, 3.63) is 95.6 Å². The van der Waals surface area contributed by atoms with Gasteiger partial charge in [0.1, 0.15) is 5.75 Å². The number of esters is 1. The normalized spacial score (nSPS) is 11.9. The van der Waals surface area contributed by atoms with Gasteiger partial charge in [-0.15, -0.1) is 0 Å². The summed E-state index contributed by atoms with van der Waals surface area (Å²) in [5.41, 5.74) is 1.61. The molecule has 0 aliphatic carbocycles. The molecule has 1 atom stereocenters. The molecule has 0 radical (unpaired) electrons. The lowest BCUT2D eigenvalue weighted by atomic mass is 10.1. The lowest BCUT2D eigenvalue weighted by Crippen LogP contribution is -2.31. The topological polar surface area (TPSA) is 111 Å². The molecule has 3 aromatic carbocycles. The summed E-state index contributed by atoms with van der Waals surface area (Å²) in [6.45, 7) is 1.39. The molecule has 0 spiro atoms. The van der Waals surface area contributed by atoms with Crippen molar-refractivity contribution in [1.82, 2.24) is 10.0 Å². The third kappa shape index (κ3) is 6.66. The lowest BCUT2D eigenvalue weighted by Gasteiger charge is -2.17. The highest BCUT2D eigenvalue weighted by Crippen LogP contribution is 2.24. The summed E-state index contributed by atoms with van der Waals surface area (Å²) in [6.07, 6.45) is 0. The maximum absolute atomic E-state index is 12.6. The van der Waals surface area contributed by atoms with Crippen LogP contribution in [-0.2, 0) is 26.1 Å². The summed E-state index contributed by atoms with van der Waals surface area (Å²) in [4.78, 5) is 24.6. The van der Waals surface area contributed by atoms with Crippen LogP contribution in [0.25, 0.3) is 0 Å². The number of carbonyl (C=O) groups excluding carboxylic acids is 2. The largest absolute Gasteiger partial charge is 0.496 e. The van der Waals surface area contributed by atoms with E-state index in [1.54, 1.807) is 32.2 Å². The van der Waals surface area contributed by atoms with Crippen molar-refractivity contribution in [1.29, 1.82) is 0 Å². The van der Waals surface area contributed by atoms with Gasteiger partial charge in [0.05, 0.1) is 23.6 Å². The van der Waals surface area contributed by atoms with Crippen molar-refractivity contribution in [2.45, 2.75) is 24.4 Å². The average molecular weight is 483 g/mol. The van der Waals surface area contributed by atoms with Crippen molar-refractivity contribution >= 4 is 21.9 Å². The van der Waals surface area contributed by atoms with E-state index in [1.807, 2.05) is 36.4 Å². The number of para-hydroxylation sites is 1. The van der Waals surface area contributed by atoms with Gasteiger partial charge in [-0.25, -0.2) is 17.9 Å². The first-order valence-corrected chi connectivity index (χ1v) is 12.0. The highest BCUT2D eigenvalue weighted by Gasteiger charge is 2.19. The van der Waals surface area contributed by atoms with Crippen LogP contribution in [0.2, 0.25) is 0 Å². The van der Waals surface area contributed by atoms with E-state index >= 15 is 0 Å². The Labute approximate surface area is 199 Å². The van der Waals surface area contributed by atoms with Gasteiger partial charge in [-0.3, -0.25) is 4.79 Å². The zero-order valence-corrected chi connectivity index (χ0v) is 19.7. The molecule has 2 N–H and O–H groups in total. The summed E-state index contributed by atoms with van der Waals surface area (Å²) in [5, 5.41) is 2.74. The summed E-state index contributed by atoms with van der Waals surface area (Å²) in [6, 6.07) is 21.4. The minimum atomic E-state index is -3.85. The Balaban J connectivity index is 1.58. The second-order valence-corrected chi connectivity index (χ2v) is 9.21. The van der Waals surface area contributed by atoms with E-state index in [0.29, 0.717) is 5.75 Å². The number of sulfonamides is 1. The van der Waals surface area contributed by atoms with Gasteiger partial charge in [0.2, 0.25) is 10.0 Å². The summed E-state index contributed by atoms with van der Waals surface area (Å²) >= 11 is 0. The van der Waals surface area contributed by atoms with Crippen molar-refractivity contribution in [3.63, 3.8) is 0 Å². The number of benzene rings is 3. The zero-order chi connectivity index (χ0) is 24.6. The van der Waals surface area contributed by atoms with Crippen molar-refractivity contribution in [2.24, 2.45) is 0 Å². The minimum absolute atomic E-state index is 0.0214. The standard InChI is InChI=1S/C25H26N2O6S/c1-18(22-13-6-7-14-23(22)32-2)27-24(28)17-33-25(29)20-11-8-12-21(15-20)34(30,31)26-16-19-9-4-3-5-10-19/h3-15,18,26H,16-17H2,1-2H3,(H,27,28).